The van der Waals surface area contributed by atoms with E-state index in [0.717, 1.165) is 5.56 Å². The average Bonchev–Trinajstić information content (AvgIpc) is 2.64. The first-order valence-electron chi connectivity index (χ1n) is 9.42. The highest BCUT2D eigenvalue weighted by molar-refractivity contribution is 5.94. The van der Waals surface area contributed by atoms with Crippen molar-refractivity contribution in [3.05, 3.63) is 54.1 Å². The Hall–Kier alpha value is -2.86. The molecule has 0 bridgehead atoms. The quantitative estimate of drug-likeness (QED) is 0.662. The van der Waals surface area contributed by atoms with Gasteiger partial charge in [-0.3, -0.25) is 14.5 Å². The first-order valence-corrected chi connectivity index (χ1v) is 9.42. The second-order valence-corrected chi connectivity index (χ2v) is 6.76. The van der Waals surface area contributed by atoms with Crippen LogP contribution < -0.4 is 10.1 Å². The number of carbonyl (C=O) groups excluding carboxylic acids is 2. The molecule has 0 aliphatic rings. The Bertz CT molecular complexity index is 787. The maximum Gasteiger partial charge on any atom is 0.320 e. The number of aryl methyl sites for hydroxylation is 1. The van der Waals surface area contributed by atoms with Gasteiger partial charge in [0.1, 0.15) is 5.75 Å². The van der Waals surface area contributed by atoms with Crippen LogP contribution in [0, 0.1) is 6.92 Å². The van der Waals surface area contributed by atoms with Crippen molar-refractivity contribution in [3.63, 3.8) is 0 Å². The van der Waals surface area contributed by atoms with Crippen LogP contribution in [0.25, 0.3) is 0 Å². The van der Waals surface area contributed by atoms with Gasteiger partial charge in [0.25, 0.3) is 0 Å². The Morgan fingerprint density at radius 3 is 2.36 bits per heavy atom. The molecule has 2 aromatic carbocycles. The number of ether oxygens (including phenoxy) is 2. The van der Waals surface area contributed by atoms with Crippen molar-refractivity contribution in [2.75, 3.05) is 25.0 Å². The predicted molar refractivity (Wildman–Crippen MR) is 110 cm³/mol. The molecule has 0 unspecified atom stereocenters. The lowest BCUT2D eigenvalue weighted by Crippen LogP contribution is -2.41. The van der Waals surface area contributed by atoms with Crippen molar-refractivity contribution in [1.29, 1.82) is 0 Å². The van der Waals surface area contributed by atoms with Crippen LogP contribution in [0.4, 0.5) is 5.69 Å². The third kappa shape index (κ3) is 6.70. The molecule has 2 aromatic rings. The third-order valence-electron chi connectivity index (χ3n) is 4.12. The van der Waals surface area contributed by atoms with Crippen LogP contribution in [-0.2, 0) is 14.3 Å². The first kappa shape index (κ1) is 21.4. The number of anilines is 1. The molecule has 0 atom stereocenters. The summed E-state index contributed by atoms with van der Waals surface area (Å²) in [4.78, 5) is 26.1. The van der Waals surface area contributed by atoms with E-state index in [1.54, 1.807) is 24.0 Å². The summed E-state index contributed by atoms with van der Waals surface area (Å²) >= 11 is 0. The van der Waals surface area contributed by atoms with Gasteiger partial charge in [0.15, 0.2) is 5.75 Å². The van der Waals surface area contributed by atoms with E-state index in [9.17, 15) is 9.59 Å². The van der Waals surface area contributed by atoms with Crippen molar-refractivity contribution in [3.8, 4) is 11.5 Å². The van der Waals surface area contributed by atoms with Crippen LogP contribution in [-0.4, -0.2) is 42.5 Å². The Labute approximate surface area is 166 Å². The van der Waals surface area contributed by atoms with Crippen LogP contribution in [0.15, 0.2) is 48.5 Å². The number of benzene rings is 2. The zero-order valence-corrected chi connectivity index (χ0v) is 16.9. The smallest absolute Gasteiger partial charge is 0.320 e. The second kappa shape index (κ2) is 10.5. The van der Waals surface area contributed by atoms with E-state index in [1.165, 1.54) is 0 Å². The van der Waals surface area contributed by atoms with Crippen LogP contribution in [0.3, 0.4) is 0 Å². The second-order valence-electron chi connectivity index (χ2n) is 6.76. The first-order chi connectivity index (χ1) is 13.4. The van der Waals surface area contributed by atoms with Crippen LogP contribution in [0.5, 0.6) is 11.5 Å². The number of hydrogen-bond donors (Lipinski definition) is 1. The molecule has 2 rings (SSSR count). The maximum atomic E-state index is 12.6. The number of rotatable bonds is 9. The Balaban J connectivity index is 2.04. The summed E-state index contributed by atoms with van der Waals surface area (Å²) < 4.78 is 10.9. The monoisotopic (exact) mass is 384 g/mol. The molecule has 0 aromatic heterocycles. The summed E-state index contributed by atoms with van der Waals surface area (Å²) in [7, 11) is 0. The molecule has 0 spiro atoms. The lowest BCUT2D eigenvalue weighted by molar-refractivity contribution is -0.145. The summed E-state index contributed by atoms with van der Waals surface area (Å²) in [6.07, 6.45) is 0. The fourth-order valence-electron chi connectivity index (χ4n) is 2.56. The Morgan fingerprint density at radius 2 is 1.71 bits per heavy atom. The van der Waals surface area contributed by atoms with Crippen molar-refractivity contribution in [2.45, 2.75) is 33.7 Å². The summed E-state index contributed by atoms with van der Waals surface area (Å²) in [5.41, 5.74) is 1.72. The van der Waals surface area contributed by atoms with E-state index < -0.39 is 0 Å². The van der Waals surface area contributed by atoms with E-state index in [1.807, 2.05) is 57.2 Å². The molecule has 6 nitrogen and oxygen atoms in total. The number of para-hydroxylation sites is 2. The molecule has 6 heteroatoms. The highest BCUT2D eigenvalue weighted by Crippen LogP contribution is 2.29. The number of carbonyl (C=O) groups is 2. The van der Waals surface area contributed by atoms with Crippen molar-refractivity contribution >= 4 is 17.6 Å². The van der Waals surface area contributed by atoms with Crippen LogP contribution in [0.1, 0.15) is 26.3 Å². The van der Waals surface area contributed by atoms with Gasteiger partial charge in [-0.05, 0) is 52.0 Å². The molecule has 1 N–H and O–H groups in total. The average molecular weight is 384 g/mol. The normalized spacial score (nSPS) is 10.8. The van der Waals surface area contributed by atoms with E-state index in [2.05, 4.69) is 5.32 Å². The minimum atomic E-state index is -0.341. The minimum absolute atomic E-state index is 0.0224. The van der Waals surface area contributed by atoms with E-state index in [0.29, 0.717) is 23.8 Å². The summed E-state index contributed by atoms with van der Waals surface area (Å²) in [6.45, 7) is 8.10. The van der Waals surface area contributed by atoms with Gasteiger partial charge < -0.3 is 14.8 Å². The lowest BCUT2D eigenvalue weighted by Gasteiger charge is -2.24. The molecular formula is C22H28N2O4. The fraction of sp³-hybridized carbons (Fsp3) is 0.364. The highest BCUT2D eigenvalue weighted by Gasteiger charge is 2.19. The fourth-order valence-corrected chi connectivity index (χ4v) is 2.56. The zero-order chi connectivity index (χ0) is 20.5. The highest BCUT2D eigenvalue weighted by atomic mass is 16.5. The summed E-state index contributed by atoms with van der Waals surface area (Å²) in [5.74, 6) is 0.685. The predicted octanol–water partition coefficient (Wildman–Crippen LogP) is 4.00. The largest absolute Gasteiger partial charge is 0.465 e. The van der Waals surface area contributed by atoms with Gasteiger partial charge in [-0.15, -0.1) is 0 Å². The standard InChI is InChI=1S/C22H28N2O4/c1-5-27-22(26)15-24(16(2)3)14-21(25)23-19-8-6-7-9-20(19)28-18-12-10-17(4)11-13-18/h6-13,16H,5,14-15H2,1-4H3,(H,23,25). The number of nitrogens with one attached hydrogen (secondary N) is 1. The number of amides is 1. The number of nitrogens with zero attached hydrogens (tertiary/aromatic N) is 1. The summed E-state index contributed by atoms with van der Waals surface area (Å²) in [6, 6.07) is 15.0. The van der Waals surface area contributed by atoms with Crippen molar-refractivity contribution < 1.29 is 19.1 Å². The Kier molecular flexibility index (Phi) is 8.02. The molecule has 0 saturated heterocycles. The van der Waals surface area contributed by atoms with Crippen LogP contribution in [0.2, 0.25) is 0 Å². The van der Waals surface area contributed by atoms with E-state index in [-0.39, 0.29) is 31.0 Å². The topological polar surface area (TPSA) is 67.9 Å². The van der Waals surface area contributed by atoms with Gasteiger partial charge in [0, 0.05) is 6.04 Å². The number of esters is 1. The molecule has 28 heavy (non-hydrogen) atoms. The summed E-state index contributed by atoms with van der Waals surface area (Å²) in [5, 5.41) is 2.88. The van der Waals surface area contributed by atoms with Gasteiger partial charge in [-0.2, -0.15) is 0 Å². The van der Waals surface area contributed by atoms with Gasteiger partial charge in [0.05, 0.1) is 25.4 Å². The molecule has 0 radical (unpaired) electrons. The number of hydrogen-bond acceptors (Lipinski definition) is 5. The molecular weight excluding hydrogens is 356 g/mol. The zero-order valence-electron chi connectivity index (χ0n) is 16.9. The van der Waals surface area contributed by atoms with Gasteiger partial charge in [0.2, 0.25) is 5.91 Å². The molecule has 150 valence electrons. The molecule has 0 saturated carbocycles. The Morgan fingerprint density at radius 1 is 1.04 bits per heavy atom. The van der Waals surface area contributed by atoms with Gasteiger partial charge >= 0.3 is 5.97 Å². The van der Waals surface area contributed by atoms with Gasteiger partial charge in [-0.1, -0.05) is 29.8 Å². The van der Waals surface area contributed by atoms with Gasteiger partial charge in [-0.25, -0.2) is 0 Å². The molecule has 0 aliphatic heterocycles. The molecule has 0 aliphatic carbocycles. The maximum absolute atomic E-state index is 12.6. The molecule has 0 heterocycles. The van der Waals surface area contributed by atoms with E-state index in [4.69, 9.17) is 9.47 Å². The molecule has 0 fully saturated rings. The van der Waals surface area contributed by atoms with Crippen molar-refractivity contribution in [2.24, 2.45) is 0 Å². The lowest BCUT2D eigenvalue weighted by atomic mass is 10.2. The van der Waals surface area contributed by atoms with E-state index >= 15 is 0 Å². The van der Waals surface area contributed by atoms with Crippen LogP contribution >= 0.6 is 0 Å². The minimum Gasteiger partial charge on any atom is -0.465 e. The SMILES string of the molecule is CCOC(=O)CN(CC(=O)Nc1ccccc1Oc1ccc(C)cc1)C(C)C. The third-order valence-corrected chi connectivity index (χ3v) is 4.12. The molecule has 1 amide bonds. The van der Waals surface area contributed by atoms with Crippen molar-refractivity contribution in [1.82, 2.24) is 4.90 Å².